The van der Waals surface area contributed by atoms with Crippen molar-refractivity contribution < 1.29 is 0 Å². The number of nitrogens with zero attached hydrogens (tertiary/aromatic N) is 7. The van der Waals surface area contributed by atoms with Gasteiger partial charge >= 0.3 is 0 Å². The predicted octanol–water partition coefficient (Wildman–Crippen LogP) is 2.50. The number of fused-ring (bicyclic) bond motifs is 1. The Morgan fingerprint density at radius 2 is 2.03 bits per heavy atom. The highest BCUT2D eigenvalue weighted by atomic mass is 127. The maximum atomic E-state index is 4.71. The van der Waals surface area contributed by atoms with Crippen molar-refractivity contribution in [1.82, 2.24) is 40.0 Å². The van der Waals surface area contributed by atoms with Gasteiger partial charge in [0.15, 0.2) is 17.4 Å². The summed E-state index contributed by atoms with van der Waals surface area (Å²) in [7, 11) is 0. The molecule has 9 nitrogen and oxygen atoms in total. The third kappa shape index (κ3) is 5.53. The number of halogens is 1. The molecule has 0 aliphatic heterocycles. The van der Waals surface area contributed by atoms with Crippen LogP contribution in [0.15, 0.2) is 53.2 Å². The third-order valence-electron chi connectivity index (χ3n) is 4.43. The maximum Gasteiger partial charge on any atom is 0.192 e. The van der Waals surface area contributed by atoms with Crippen molar-refractivity contribution in [3.63, 3.8) is 0 Å². The number of aryl methyl sites for hydroxylation is 1. The van der Waals surface area contributed by atoms with E-state index in [-0.39, 0.29) is 24.0 Å². The Kier molecular flexibility index (Phi) is 8.13. The number of aromatic nitrogens is 6. The smallest absolute Gasteiger partial charge is 0.192 e. The normalized spacial score (nSPS) is 11.4. The number of thiophene rings is 1. The minimum absolute atomic E-state index is 0. The number of guanidine groups is 1. The van der Waals surface area contributed by atoms with Crippen molar-refractivity contribution in [2.75, 3.05) is 6.54 Å². The second-order valence-corrected chi connectivity index (χ2v) is 7.40. The van der Waals surface area contributed by atoms with Gasteiger partial charge in [0, 0.05) is 30.6 Å². The quantitative estimate of drug-likeness (QED) is 0.204. The van der Waals surface area contributed by atoms with E-state index in [1.807, 2.05) is 34.9 Å². The van der Waals surface area contributed by atoms with Crippen LogP contribution in [-0.4, -0.2) is 41.9 Å². The summed E-state index contributed by atoms with van der Waals surface area (Å²) in [5.74, 6) is 2.51. The first kappa shape index (κ1) is 22.2. The molecule has 0 saturated carbocycles. The first-order valence-electron chi connectivity index (χ1n) is 9.53. The van der Waals surface area contributed by atoms with Gasteiger partial charge in [-0.3, -0.25) is 4.40 Å². The van der Waals surface area contributed by atoms with Crippen molar-refractivity contribution in [1.29, 1.82) is 0 Å². The lowest BCUT2D eigenvalue weighted by molar-refractivity contribution is 0.631. The zero-order chi connectivity index (χ0) is 19.9. The molecule has 0 spiro atoms. The van der Waals surface area contributed by atoms with E-state index in [4.69, 9.17) is 4.99 Å². The number of rotatable bonds is 8. The minimum Gasteiger partial charge on any atom is -0.355 e. The van der Waals surface area contributed by atoms with E-state index >= 15 is 0 Å². The summed E-state index contributed by atoms with van der Waals surface area (Å²) in [6.07, 6.45) is 4.57. The number of hydrogen-bond donors (Lipinski definition) is 2. The van der Waals surface area contributed by atoms with Crippen LogP contribution in [0.25, 0.3) is 5.65 Å². The monoisotopic (exact) mass is 537 g/mol. The van der Waals surface area contributed by atoms with Crippen LogP contribution in [0.3, 0.4) is 0 Å². The molecule has 0 amide bonds. The lowest BCUT2D eigenvalue weighted by atomic mass is 10.4. The first-order valence-corrected chi connectivity index (χ1v) is 10.4. The Labute approximate surface area is 195 Å². The molecule has 0 unspecified atom stereocenters. The van der Waals surface area contributed by atoms with Crippen LogP contribution in [0.5, 0.6) is 0 Å². The van der Waals surface area contributed by atoms with Gasteiger partial charge in [-0.1, -0.05) is 19.1 Å². The molecule has 2 N–H and O–H groups in total. The van der Waals surface area contributed by atoms with Crippen molar-refractivity contribution in [2.45, 2.75) is 33.0 Å². The van der Waals surface area contributed by atoms with Gasteiger partial charge in [-0.05, 0) is 23.6 Å². The van der Waals surface area contributed by atoms with Crippen LogP contribution in [0.4, 0.5) is 0 Å². The van der Waals surface area contributed by atoms with Gasteiger partial charge in [-0.2, -0.15) is 0 Å². The molecular formula is C19H24IN9S. The molecule has 158 valence electrons. The second-order valence-electron chi connectivity index (χ2n) is 6.36. The van der Waals surface area contributed by atoms with Crippen LogP contribution in [0, 0.1) is 0 Å². The minimum atomic E-state index is 0. The molecule has 0 aliphatic rings. The van der Waals surface area contributed by atoms with Crippen LogP contribution in [-0.2, 0) is 26.1 Å². The highest BCUT2D eigenvalue weighted by molar-refractivity contribution is 14.0. The number of pyridine rings is 1. The summed E-state index contributed by atoms with van der Waals surface area (Å²) in [6.45, 7) is 4.70. The molecule has 4 heterocycles. The zero-order valence-corrected chi connectivity index (χ0v) is 19.7. The molecule has 0 atom stereocenters. The fourth-order valence-electron chi connectivity index (χ4n) is 2.94. The van der Waals surface area contributed by atoms with Gasteiger partial charge < -0.3 is 15.2 Å². The molecule has 0 radical (unpaired) electrons. The van der Waals surface area contributed by atoms with Gasteiger partial charge in [0.2, 0.25) is 0 Å². The molecule has 4 aromatic heterocycles. The summed E-state index contributed by atoms with van der Waals surface area (Å²) in [6, 6.07) is 9.99. The lowest BCUT2D eigenvalue weighted by Gasteiger charge is -2.13. The van der Waals surface area contributed by atoms with Crippen LogP contribution in [0.1, 0.15) is 23.4 Å². The van der Waals surface area contributed by atoms with Crippen LogP contribution < -0.4 is 10.6 Å². The number of nitrogens with one attached hydrogen (secondary N) is 2. The number of aliphatic imine (C=N–C) groups is 1. The van der Waals surface area contributed by atoms with E-state index in [0.29, 0.717) is 13.1 Å². The van der Waals surface area contributed by atoms with Crippen molar-refractivity contribution >= 4 is 46.9 Å². The standard InChI is InChI=1S/C19H23N9S.HI/c1-2-16-24-23-14-27(16)10-8-20-19(21-12-15-6-5-11-29-15)22-13-18-26-25-17-7-3-4-9-28(17)18;/h3-7,9,11,14H,2,8,10,12-13H2,1H3,(H2,20,21,22);1H. The van der Waals surface area contributed by atoms with Gasteiger partial charge in [0.25, 0.3) is 0 Å². The molecule has 4 aromatic rings. The summed E-state index contributed by atoms with van der Waals surface area (Å²) < 4.78 is 4.00. The van der Waals surface area contributed by atoms with E-state index in [1.54, 1.807) is 17.7 Å². The first-order chi connectivity index (χ1) is 14.3. The zero-order valence-electron chi connectivity index (χ0n) is 16.6. The topological polar surface area (TPSA) is 97.3 Å². The average molecular weight is 537 g/mol. The predicted molar refractivity (Wildman–Crippen MR) is 128 cm³/mol. The van der Waals surface area contributed by atoms with Gasteiger partial charge in [0.1, 0.15) is 18.7 Å². The van der Waals surface area contributed by atoms with E-state index in [9.17, 15) is 0 Å². The molecule has 11 heteroatoms. The molecular weight excluding hydrogens is 513 g/mol. The van der Waals surface area contributed by atoms with Crippen molar-refractivity contribution in [2.24, 2.45) is 4.99 Å². The average Bonchev–Trinajstić information content (AvgIpc) is 3.50. The van der Waals surface area contributed by atoms with E-state index < -0.39 is 0 Å². The molecule has 0 fully saturated rings. The molecule has 30 heavy (non-hydrogen) atoms. The van der Waals surface area contributed by atoms with E-state index in [1.165, 1.54) is 4.88 Å². The van der Waals surface area contributed by atoms with E-state index in [0.717, 1.165) is 42.8 Å². The number of hydrogen-bond acceptors (Lipinski definition) is 6. The molecule has 4 rings (SSSR count). The van der Waals surface area contributed by atoms with Gasteiger partial charge in [-0.25, -0.2) is 4.99 Å². The van der Waals surface area contributed by atoms with Crippen molar-refractivity contribution in [3.8, 4) is 0 Å². The Bertz CT molecular complexity index is 1070. The summed E-state index contributed by atoms with van der Waals surface area (Å²) in [5.41, 5.74) is 0.818. The Hall–Kier alpha value is -2.54. The Morgan fingerprint density at radius 1 is 1.10 bits per heavy atom. The largest absolute Gasteiger partial charge is 0.355 e. The Morgan fingerprint density at radius 3 is 2.87 bits per heavy atom. The fraction of sp³-hybridized carbons (Fsp3) is 0.316. The van der Waals surface area contributed by atoms with Gasteiger partial charge in [0.05, 0.1) is 6.54 Å². The summed E-state index contributed by atoms with van der Waals surface area (Å²) in [4.78, 5) is 5.96. The Balaban J connectivity index is 0.00000256. The lowest BCUT2D eigenvalue weighted by Crippen LogP contribution is -2.38. The third-order valence-corrected chi connectivity index (χ3v) is 5.31. The highest BCUT2D eigenvalue weighted by Crippen LogP contribution is 2.07. The van der Waals surface area contributed by atoms with Crippen molar-refractivity contribution in [3.05, 3.63) is 64.8 Å². The van der Waals surface area contributed by atoms with Crippen LogP contribution >= 0.6 is 35.3 Å². The fourth-order valence-corrected chi connectivity index (χ4v) is 3.59. The van der Waals surface area contributed by atoms with Crippen LogP contribution in [0.2, 0.25) is 0 Å². The second kappa shape index (κ2) is 11.0. The molecule has 0 aromatic carbocycles. The van der Waals surface area contributed by atoms with Gasteiger partial charge in [-0.15, -0.1) is 55.7 Å². The molecule has 0 aliphatic carbocycles. The highest BCUT2D eigenvalue weighted by Gasteiger charge is 2.06. The van der Waals surface area contributed by atoms with E-state index in [2.05, 4.69) is 54.0 Å². The molecule has 0 saturated heterocycles. The summed E-state index contributed by atoms with van der Waals surface area (Å²) in [5, 5.41) is 25.4. The molecule has 0 bridgehead atoms. The SMILES string of the molecule is CCc1nncn1CCNC(=NCc1nnc2ccccn12)NCc1cccs1.I. The summed E-state index contributed by atoms with van der Waals surface area (Å²) >= 11 is 1.72. The maximum absolute atomic E-state index is 4.71.